The molecule has 0 aromatic carbocycles. The number of carboxylic acid groups (broad SMARTS) is 1. The van der Waals surface area contributed by atoms with E-state index in [1.165, 1.54) is 24.0 Å². The van der Waals surface area contributed by atoms with Crippen LogP contribution in [0.5, 0.6) is 0 Å². The summed E-state index contributed by atoms with van der Waals surface area (Å²) in [6.45, 7) is 2.44. The highest BCUT2D eigenvalue weighted by Crippen LogP contribution is 2.19. The van der Waals surface area contributed by atoms with Gasteiger partial charge in [-0.15, -0.1) is 0 Å². The molecule has 0 bridgehead atoms. The monoisotopic (exact) mass is 272 g/mol. The minimum absolute atomic E-state index is 0.284. The second kappa shape index (κ2) is 6.40. The number of ether oxygens (including phenoxy) is 1. The molecule has 0 aromatic heterocycles. The van der Waals surface area contributed by atoms with Crippen molar-refractivity contribution in [2.24, 2.45) is 5.92 Å². The van der Waals surface area contributed by atoms with Gasteiger partial charge in [-0.3, -0.25) is 4.79 Å². The van der Waals surface area contributed by atoms with Crippen LogP contribution in [0, 0.1) is 5.92 Å². The molecule has 0 aliphatic carbocycles. The van der Waals surface area contributed by atoms with Crippen LogP contribution in [0.15, 0.2) is 0 Å². The van der Waals surface area contributed by atoms with E-state index in [9.17, 15) is 14.4 Å². The number of nitrogens with zero attached hydrogens (tertiary/aromatic N) is 2. The molecule has 108 valence electrons. The minimum Gasteiger partial charge on any atom is -0.480 e. The quantitative estimate of drug-likeness (QED) is 0.748. The zero-order valence-corrected chi connectivity index (χ0v) is 11.5. The Balaban J connectivity index is 2.64. The zero-order valence-electron chi connectivity index (χ0n) is 11.5. The lowest BCUT2D eigenvalue weighted by Crippen LogP contribution is -2.48. The fourth-order valence-corrected chi connectivity index (χ4v) is 2.26. The third kappa shape index (κ3) is 3.36. The van der Waals surface area contributed by atoms with Gasteiger partial charge < -0.3 is 19.6 Å². The Labute approximate surface area is 112 Å². The van der Waals surface area contributed by atoms with Gasteiger partial charge in [0.05, 0.1) is 13.0 Å². The fraction of sp³-hybridized carbons (Fsp3) is 0.750. The number of carboxylic acids is 1. The third-order valence-corrected chi connectivity index (χ3v) is 3.43. The minimum atomic E-state index is -1.03. The predicted octanol–water partition coefficient (Wildman–Crippen LogP) is 0.396. The Morgan fingerprint density at radius 1 is 1.47 bits per heavy atom. The standard InChI is InChI=1S/C12H20N2O5/c1-4-9(10(15)16)13(2)12(18)14-6-5-8(7-14)11(17)19-3/h8-9H,4-7H2,1-3H3,(H,15,16). The van der Waals surface area contributed by atoms with Crippen LogP contribution in [0.1, 0.15) is 19.8 Å². The molecule has 1 fully saturated rings. The molecular weight excluding hydrogens is 252 g/mol. The largest absolute Gasteiger partial charge is 0.480 e. The van der Waals surface area contributed by atoms with E-state index >= 15 is 0 Å². The Morgan fingerprint density at radius 2 is 2.11 bits per heavy atom. The fourth-order valence-electron chi connectivity index (χ4n) is 2.26. The predicted molar refractivity (Wildman–Crippen MR) is 66.6 cm³/mol. The summed E-state index contributed by atoms with van der Waals surface area (Å²) in [5.74, 6) is -1.67. The van der Waals surface area contributed by atoms with Crippen LogP contribution >= 0.6 is 0 Å². The van der Waals surface area contributed by atoms with E-state index in [0.29, 0.717) is 19.4 Å². The molecule has 7 heteroatoms. The molecule has 1 rings (SSSR count). The summed E-state index contributed by atoms with van der Waals surface area (Å²) in [5.41, 5.74) is 0. The van der Waals surface area contributed by atoms with Crippen LogP contribution in [0.3, 0.4) is 0 Å². The SMILES string of the molecule is CCC(C(=O)O)N(C)C(=O)N1CCC(C(=O)OC)C1. The molecule has 1 N–H and O–H groups in total. The topological polar surface area (TPSA) is 87.2 Å². The van der Waals surface area contributed by atoms with Gasteiger partial charge in [-0.2, -0.15) is 0 Å². The van der Waals surface area contributed by atoms with E-state index in [1.807, 2.05) is 0 Å². The average molecular weight is 272 g/mol. The van der Waals surface area contributed by atoms with Gasteiger partial charge in [-0.25, -0.2) is 9.59 Å². The van der Waals surface area contributed by atoms with Crippen LogP contribution in [0.4, 0.5) is 4.79 Å². The van der Waals surface area contributed by atoms with E-state index < -0.39 is 12.0 Å². The van der Waals surface area contributed by atoms with Gasteiger partial charge in [0.1, 0.15) is 6.04 Å². The average Bonchev–Trinajstić information content (AvgIpc) is 2.86. The lowest BCUT2D eigenvalue weighted by atomic mass is 10.1. The summed E-state index contributed by atoms with van der Waals surface area (Å²) >= 11 is 0. The number of urea groups is 1. The number of methoxy groups -OCH3 is 1. The molecule has 7 nitrogen and oxygen atoms in total. The molecule has 2 amide bonds. The van der Waals surface area contributed by atoms with Crippen LogP contribution in [0.2, 0.25) is 0 Å². The molecular formula is C12H20N2O5. The molecule has 1 aliphatic rings. The smallest absolute Gasteiger partial charge is 0.326 e. The van der Waals surface area contributed by atoms with Crippen molar-refractivity contribution in [2.75, 3.05) is 27.2 Å². The Bertz CT molecular complexity index is 371. The molecule has 0 radical (unpaired) electrons. The highest BCUT2D eigenvalue weighted by molar-refractivity contribution is 5.83. The van der Waals surface area contributed by atoms with Crippen LogP contribution < -0.4 is 0 Å². The van der Waals surface area contributed by atoms with Gasteiger partial charge in [0.2, 0.25) is 0 Å². The first-order valence-corrected chi connectivity index (χ1v) is 6.24. The summed E-state index contributed by atoms with van der Waals surface area (Å²) in [6.07, 6.45) is 0.891. The summed E-state index contributed by atoms with van der Waals surface area (Å²) in [6, 6.07) is -1.20. The molecule has 0 saturated carbocycles. The highest BCUT2D eigenvalue weighted by atomic mass is 16.5. The number of aliphatic carboxylic acids is 1. The third-order valence-electron chi connectivity index (χ3n) is 3.43. The van der Waals surface area contributed by atoms with Crippen LogP contribution in [-0.2, 0) is 14.3 Å². The van der Waals surface area contributed by atoms with Gasteiger partial charge in [-0.05, 0) is 12.8 Å². The number of carbonyl (C=O) groups excluding carboxylic acids is 2. The molecule has 1 heterocycles. The van der Waals surface area contributed by atoms with E-state index in [0.717, 1.165) is 0 Å². The molecule has 1 saturated heterocycles. The Hall–Kier alpha value is -1.79. The summed E-state index contributed by atoms with van der Waals surface area (Å²) < 4.78 is 4.64. The maximum atomic E-state index is 12.1. The maximum absolute atomic E-state index is 12.1. The molecule has 0 aromatic rings. The van der Waals surface area contributed by atoms with E-state index in [-0.39, 0.29) is 24.5 Å². The summed E-state index contributed by atoms with van der Waals surface area (Å²) in [5, 5.41) is 9.03. The number of amides is 2. The summed E-state index contributed by atoms with van der Waals surface area (Å²) in [4.78, 5) is 37.3. The number of likely N-dealkylation sites (tertiary alicyclic amines) is 1. The van der Waals surface area contributed by atoms with Crippen molar-refractivity contribution in [3.8, 4) is 0 Å². The highest BCUT2D eigenvalue weighted by Gasteiger charge is 2.35. The second-order valence-electron chi connectivity index (χ2n) is 4.61. The normalized spacial score (nSPS) is 19.9. The van der Waals surface area contributed by atoms with Crippen molar-refractivity contribution in [2.45, 2.75) is 25.8 Å². The Morgan fingerprint density at radius 3 is 2.58 bits per heavy atom. The lowest BCUT2D eigenvalue weighted by Gasteiger charge is -2.28. The zero-order chi connectivity index (χ0) is 14.6. The van der Waals surface area contributed by atoms with Crippen molar-refractivity contribution in [3.63, 3.8) is 0 Å². The van der Waals surface area contributed by atoms with E-state index in [2.05, 4.69) is 4.74 Å². The van der Waals surface area contributed by atoms with Gasteiger partial charge >= 0.3 is 18.0 Å². The molecule has 2 unspecified atom stereocenters. The van der Waals surface area contributed by atoms with Crippen molar-refractivity contribution >= 4 is 18.0 Å². The molecule has 2 atom stereocenters. The van der Waals surface area contributed by atoms with E-state index in [4.69, 9.17) is 5.11 Å². The van der Waals surface area contributed by atoms with E-state index in [1.54, 1.807) is 6.92 Å². The lowest BCUT2D eigenvalue weighted by molar-refractivity contribution is -0.145. The van der Waals surface area contributed by atoms with Crippen molar-refractivity contribution in [1.82, 2.24) is 9.80 Å². The van der Waals surface area contributed by atoms with Gasteiger partial charge in [0.25, 0.3) is 0 Å². The first-order chi connectivity index (χ1) is 8.92. The first kappa shape index (κ1) is 15.3. The number of likely N-dealkylation sites (N-methyl/N-ethyl adjacent to an activating group) is 1. The number of carbonyl (C=O) groups is 3. The summed E-state index contributed by atoms with van der Waals surface area (Å²) in [7, 11) is 2.78. The molecule has 0 spiro atoms. The number of hydrogen-bond acceptors (Lipinski definition) is 4. The second-order valence-corrected chi connectivity index (χ2v) is 4.61. The van der Waals surface area contributed by atoms with Crippen molar-refractivity contribution in [1.29, 1.82) is 0 Å². The number of rotatable bonds is 4. The van der Waals surface area contributed by atoms with Gasteiger partial charge in [-0.1, -0.05) is 6.92 Å². The first-order valence-electron chi connectivity index (χ1n) is 6.24. The number of esters is 1. The van der Waals surface area contributed by atoms with Crippen LogP contribution in [0.25, 0.3) is 0 Å². The Kier molecular flexibility index (Phi) is 5.14. The van der Waals surface area contributed by atoms with Gasteiger partial charge in [0.15, 0.2) is 0 Å². The van der Waals surface area contributed by atoms with Crippen LogP contribution in [-0.4, -0.2) is 66.2 Å². The van der Waals surface area contributed by atoms with Crippen molar-refractivity contribution < 1.29 is 24.2 Å². The maximum Gasteiger partial charge on any atom is 0.326 e. The molecule has 19 heavy (non-hydrogen) atoms. The number of hydrogen-bond donors (Lipinski definition) is 1. The molecule has 1 aliphatic heterocycles. The van der Waals surface area contributed by atoms with Gasteiger partial charge in [0, 0.05) is 20.1 Å². The van der Waals surface area contributed by atoms with Crippen molar-refractivity contribution in [3.05, 3.63) is 0 Å².